The van der Waals surface area contributed by atoms with E-state index in [1.807, 2.05) is 32.2 Å². The van der Waals surface area contributed by atoms with E-state index in [0.717, 1.165) is 21.9 Å². The summed E-state index contributed by atoms with van der Waals surface area (Å²) in [6.45, 7) is 2.27. The molecule has 6 heteroatoms. The predicted molar refractivity (Wildman–Crippen MR) is 83.1 cm³/mol. The first-order valence-electron chi connectivity index (χ1n) is 6.29. The number of carboxylic acids is 1. The van der Waals surface area contributed by atoms with Gasteiger partial charge in [0.05, 0.1) is 15.9 Å². The Morgan fingerprint density at radius 2 is 2.29 bits per heavy atom. The van der Waals surface area contributed by atoms with Crippen molar-refractivity contribution in [2.75, 3.05) is 0 Å². The minimum atomic E-state index is -0.997. The zero-order chi connectivity index (χ0) is 15.4. The van der Waals surface area contributed by atoms with Crippen molar-refractivity contribution in [3.63, 3.8) is 0 Å². The van der Waals surface area contributed by atoms with Crippen LogP contribution in [0, 0.1) is 6.92 Å². The molecule has 1 aromatic heterocycles. The second-order valence-electron chi connectivity index (χ2n) is 4.52. The van der Waals surface area contributed by atoms with Crippen LogP contribution in [0.5, 0.6) is 5.75 Å². The summed E-state index contributed by atoms with van der Waals surface area (Å²) >= 11 is 3.42. The number of aliphatic carboxylic acids is 1. The fourth-order valence-corrected chi connectivity index (χ4v) is 2.41. The van der Waals surface area contributed by atoms with Gasteiger partial charge in [0.15, 0.2) is 0 Å². The Hall–Kier alpha value is -2.08. The zero-order valence-electron chi connectivity index (χ0n) is 11.7. The van der Waals surface area contributed by atoms with Gasteiger partial charge in [-0.15, -0.1) is 0 Å². The average Bonchev–Trinajstić information content (AvgIpc) is 2.73. The molecule has 1 aromatic carbocycles. The van der Waals surface area contributed by atoms with Crippen LogP contribution >= 0.6 is 15.9 Å². The maximum absolute atomic E-state index is 10.6. The number of rotatable bonds is 5. The lowest BCUT2D eigenvalue weighted by atomic mass is 10.2. The number of benzene rings is 1. The van der Waals surface area contributed by atoms with Gasteiger partial charge >= 0.3 is 5.97 Å². The predicted octanol–water partition coefficient (Wildman–Crippen LogP) is 3.17. The summed E-state index contributed by atoms with van der Waals surface area (Å²) in [5, 5.41) is 13.0. The molecule has 0 aliphatic rings. The lowest BCUT2D eigenvalue weighted by Gasteiger charge is -2.11. The van der Waals surface area contributed by atoms with E-state index in [9.17, 15) is 4.79 Å². The van der Waals surface area contributed by atoms with Crippen molar-refractivity contribution in [1.29, 1.82) is 0 Å². The zero-order valence-corrected chi connectivity index (χ0v) is 13.3. The lowest BCUT2D eigenvalue weighted by molar-refractivity contribution is -0.131. The third-order valence-electron chi connectivity index (χ3n) is 2.87. The first kappa shape index (κ1) is 15.3. The molecule has 0 saturated heterocycles. The van der Waals surface area contributed by atoms with Crippen LogP contribution in [-0.2, 0) is 18.4 Å². The molecule has 21 heavy (non-hydrogen) atoms. The highest BCUT2D eigenvalue weighted by Crippen LogP contribution is 2.30. The molecule has 1 N–H and O–H groups in total. The first-order chi connectivity index (χ1) is 9.97. The molecule has 0 fully saturated rings. The quantitative estimate of drug-likeness (QED) is 0.841. The van der Waals surface area contributed by atoms with Crippen LogP contribution in [-0.4, -0.2) is 20.9 Å². The summed E-state index contributed by atoms with van der Waals surface area (Å²) in [5.41, 5.74) is 2.57. The van der Waals surface area contributed by atoms with Crippen LogP contribution in [0.25, 0.3) is 6.08 Å². The molecule has 5 nitrogen and oxygen atoms in total. The summed E-state index contributed by atoms with van der Waals surface area (Å²) in [6.07, 6.45) is 2.60. The third kappa shape index (κ3) is 3.95. The van der Waals surface area contributed by atoms with Gasteiger partial charge in [-0.3, -0.25) is 4.68 Å². The number of carboxylic acid groups (broad SMARTS) is 1. The highest BCUT2D eigenvalue weighted by atomic mass is 79.9. The maximum Gasteiger partial charge on any atom is 0.328 e. The largest absolute Gasteiger partial charge is 0.486 e. The highest BCUT2D eigenvalue weighted by molar-refractivity contribution is 9.10. The summed E-state index contributed by atoms with van der Waals surface area (Å²) in [6, 6.07) is 7.42. The van der Waals surface area contributed by atoms with Gasteiger partial charge in [0.25, 0.3) is 0 Å². The molecule has 0 spiro atoms. The maximum atomic E-state index is 10.6. The smallest absolute Gasteiger partial charge is 0.328 e. The molecular formula is C15H15BrN2O3. The second-order valence-corrected chi connectivity index (χ2v) is 5.37. The fourth-order valence-electron chi connectivity index (χ4n) is 1.92. The number of nitrogens with zero attached hydrogens (tertiary/aromatic N) is 2. The molecule has 0 unspecified atom stereocenters. The van der Waals surface area contributed by atoms with Crippen molar-refractivity contribution >= 4 is 28.0 Å². The fraction of sp³-hybridized carbons (Fsp3) is 0.200. The van der Waals surface area contributed by atoms with Gasteiger partial charge < -0.3 is 9.84 Å². The molecule has 0 atom stereocenters. The van der Waals surface area contributed by atoms with Crippen molar-refractivity contribution in [3.05, 3.63) is 51.8 Å². The number of aryl methyl sites for hydroxylation is 2. The van der Waals surface area contributed by atoms with Crippen LogP contribution < -0.4 is 4.74 Å². The molecule has 0 aliphatic heterocycles. The Morgan fingerprint density at radius 1 is 1.52 bits per heavy atom. The molecule has 2 aromatic rings. The van der Waals surface area contributed by atoms with Crippen LogP contribution in [0.15, 0.2) is 34.8 Å². The molecule has 1 heterocycles. The Balaban J connectivity index is 2.22. The first-order valence-corrected chi connectivity index (χ1v) is 7.08. The number of aromatic nitrogens is 2. The number of hydrogen-bond acceptors (Lipinski definition) is 3. The van der Waals surface area contributed by atoms with E-state index in [1.165, 1.54) is 6.08 Å². The van der Waals surface area contributed by atoms with E-state index in [0.29, 0.717) is 17.9 Å². The van der Waals surface area contributed by atoms with E-state index >= 15 is 0 Å². The van der Waals surface area contributed by atoms with E-state index in [1.54, 1.807) is 10.7 Å². The Bertz CT molecular complexity index is 692. The van der Waals surface area contributed by atoms with Gasteiger partial charge in [0.2, 0.25) is 0 Å². The number of para-hydroxylation sites is 1. The summed E-state index contributed by atoms with van der Waals surface area (Å²) in [5.74, 6) is -0.392. The van der Waals surface area contributed by atoms with Gasteiger partial charge in [0, 0.05) is 18.7 Å². The Labute approximate surface area is 131 Å². The standard InChI is InChI=1S/C15H15BrN2O3/c1-10-8-12(18(2)17-10)9-21-15-11(6-7-14(19)20)4-3-5-13(15)16/h3-8H,9H2,1-2H3,(H,19,20). The van der Waals surface area contributed by atoms with Gasteiger partial charge in [-0.25, -0.2) is 4.79 Å². The Morgan fingerprint density at radius 3 is 2.90 bits per heavy atom. The van der Waals surface area contributed by atoms with Crippen molar-refractivity contribution in [3.8, 4) is 5.75 Å². The SMILES string of the molecule is Cc1cc(COc2c(Br)cccc2C=CC(=O)O)n(C)n1. The van der Waals surface area contributed by atoms with Crippen LogP contribution in [0.4, 0.5) is 0 Å². The Kier molecular flexibility index (Phi) is 4.80. The van der Waals surface area contributed by atoms with Crippen molar-refractivity contribution < 1.29 is 14.6 Å². The van der Waals surface area contributed by atoms with Crippen LogP contribution in [0.1, 0.15) is 17.0 Å². The average molecular weight is 351 g/mol. The molecule has 2 rings (SSSR count). The molecule has 0 bridgehead atoms. The summed E-state index contributed by atoms with van der Waals surface area (Å²) in [7, 11) is 1.86. The van der Waals surface area contributed by atoms with Crippen LogP contribution in [0.3, 0.4) is 0 Å². The topological polar surface area (TPSA) is 64.3 Å². The molecule has 110 valence electrons. The number of carbonyl (C=O) groups is 1. The van der Waals surface area contributed by atoms with E-state index in [2.05, 4.69) is 21.0 Å². The summed E-state index contributed by atoms with van der Waals surface area (Å²) < 4.78 is 8.36. The van der Waals surface area contributed by atoms with Crippen molar-refractivity contribution in [2.24, 2.45) is 7.05 Å². The highest BCUT2D eigenvalue weighted by Gasteiger charge is 2.09. The molecule has 0 radical (unpaired) electrons. The molecule has 0 saturated carbocycles. The third-order valence-corrected chi connectivity index (χ3v) is 3.49. The van der Waals surface area contributed by atoms with E-state index < -0.39 is 5.97 Å². The van der Waals surface area contributed by atoms with Gasteiger partial charge in [-0.1, -0.05) is 12.1 Å². The van der Waals surface area contributed by atoms with Gasteiger partial charge in [-0.05, 0) is 41.1 Å². The minimum absolute atomic E-state index is 0.355. The monoisotopic (exact) mass is 350 g/mol. The van der Waals surface area contributed by atoms with Gasteiger partial charge in [-0.2, -0.15) is 5.10 Å². The molecule has 0 amide bonds. The number of ether oxygens (including phenoxy) is 1. The van der Waals surface area contributed by atoms with E-state index in [4.69, 9.17) is 9.84 Å². The number of halogens is 1. The molecular weight excluding hydrogens is 336 g/mol. The summed E-state index contributed by atoms with van der Waals surface area (Å²) in [4.78, 5) is 10.6. The molecule has 0 aliphatic carbocycles. The minimum Gasteiger partial charge on any atom is -0.486 e. The van der Waals surface area contributed by atoms with E-state index in [-0.39, 0.29) is 0 Å². The second kappa shape index (κ2) is 6.58. The van der Waals surface area contributed by atoms with Gasteiger partial charge in [0.1, 0.15) is 12.4 Å². The van der Waals surface area contributed by atoms with Crippen LogP contribution in [0.2, 0.25) is 0 Å². The van der Waals surface area contributed by atoms with Crippen molar-refractivity contribution in [2.45, 2.75) is 13.5 Å². The lowest BCUT2D eigenvalue weighted by Crippen LogP contribution is -2.04. The number of hydrogen-bond donors (Lipinski definition) is 1. The normalized spacial score (nSPS) is 11.0. The van der Waals surface area contributed by atoms with Crippen molar-refractivity contribution in [1.82, 2.24) is 9.78 Å².